The minimum Gasteiger partial charge on any atom is -0.298 e. The Balaban J connectivity index is 2.40. The number of carbonyl (C=O) groups excluding carboxylic acids is 1. The van der Waals surface area contributed by atoms with E-state index in [-0.39, 0.29) is 10.7 Å². The second-order valence-electron chi connectivity index (χ2n) is 7.10. The van der Waals surface area contributed by atoms with Crippen molar-refractivity contribution in [2.45, 2.75) is 31.1 Å². The highest BCUT2D eigenvalue weighted by Crippen LogP contribution is 2.42. The van der Waals surface area contributed by atoms with Crippen LogP contribution in [0, 0.1) is 13.8 Å². The molecule has 0 spiro atoms. The van der Waals surface area contributed by atoms with Gasteiger partial charge in [-0.15, -0.1) is 0 Å². The number of benzene rings is 2. The molecule has 1 atom stereocenters. The smallest absolute Gasteiger partial charge is 0.175 e. The Labute approximate surface area is 166 Å². The van der Waals surface area contributed by atoms with Crippen molar-refractivity contribution in [3.8, 4) is 0 Å². The maximum Gasteiger partial charge on any atom is 0.175 e. The van der Waals surface area contributed by atoms with Crippen molar-refractivity contribution in [2.75, 3.05) is 6.26 Å². The monoisotopic (exact) mass is 393 g/mol. The zero-order valence-electron chi connectivity index (χ0n) is 16.4. The zero-order valence-corrected chi connectivity index (χ0v) is 17.2. The van der Waals surface area contributed by atoms with E-state index in [0.29, 0.717) is 0 Å². The lowest BCUT2D eigenvalue weighted by molar-refractivity contribution is -0.119. The molecule has 1 aromatic heterocycles. The topological polar surface area (TPSA) is 64.1 Å². The number of Topliss-reactive ketones (excluding diaryl/α,β-unsaturated/α-hetero) is 1. The largest absolute Gasteiger partial charge is 0.298 e. The standard InChI is InChI=1S/C23H23NO3S/c1-16-7-5-6-8-22(16)23(18(3)25,20-13-14-24-17(2)15-20)19-9-11-21(12-10-19)28(4,26)27/h5-15H,1-4H3/t23-/m0/s1. The predicted molar refractivity (Wildman–Crippen MR) is 110 cm³/mol. The van der Waals surface area contributed by atoms with E-state index in [1.165, 1.54) is 6.26 Å². The molecule has 3 rings (SSSR count). The van der Waals surface area contributed by atoms with E-state index >= 15 is 0 Å². The average molecular weight is 394 g/mol. The minimum atomic E-state index is -3.32. The van der Waals surface area contributed by atoms with Crippen LogP contribution in [0.3, 0.4) is 0 Å². The second-order valence-corrected chi connectivity index (χ2v) is 9.12. The van der Waals surface area contributed by atoms with Crippen LogP contribution >= 0.6 is 0 Å². The van der Waals surface area contributed by atoms with Gasteiger partial charge in [0.2, 0.25) is 0 Å². The Morgan fingerprint density at radius 3 is 2.11 bits per heavy atom. The van der Waals surface area contributed by atoms with Gasteiger partial charge in [0.1, 0.15) is 11.2 Å². The number of sulfone groups is 1. The Morgan fingerprint density at radius 2 is 1.57 bits per heavy atom. The highest BCUT2D eigenvalue weighted by atomic mass is 32.2. The molecule has 0 aliphatic heterocycles. The molecule has 1 heterocycles. The predicted octanol–water partition coefficient (Wildman–Crippen LogP) is 4.03. The minimum absolute atomic E-state index is 0.0421. The van der Waals surface area contributed by atoms with Gasteiger partial charge in [-0.05, 0) is 67.3 Å². The zero-order chi connectivity index (χ0) is 20.5. The van der Waals surface area contributed by atoms with E-state index in [2.05, 4.69) is 4.98 Å². The molecule has 0 N–H and O–H groups in total. The number of hydrogen-bond acceptors (Lipinski definition) is 4. The van der Waals surface area contributed by atoms with Crippen LogP contribution in [0.15, 0.2) is 71.8 Å². The maximum atomic E-state index is 13.3. The summed E-state index contributed by atoms with van der Waals surface area (Å²) in [5.74, 6) is -0.0421. The van der Waals surface area contributed by atoms with E-state index in [4.69, 9.17) is 0 Å². The third kappa shape index (κ3) is 3.38. The molecule has 4 nitrogen and oxygen atoms in total. The number of hydrogen-bond donors (Lipinski definition) is 0. The molecule has 144 valence electrons. The van der Waals surface area contributed by atoms with Gasteiger partial charge in [0.05, 0.1) is 4.90 Å². The highest BCUT2D eigenvalue weighted by molar-refractivity contribution is 7.90. The Morgan fingerprint density at radius 1 is 0.929 bits per heavy atom. The fourth-order valence-corrected chi connectivity index (χ4v) is 4.43. The normalized spacial score (nSPS) is 13.7. The lowest BCUT2D eigenvalue weighted by Gasteiger charge is -2.34. The molecular weight excluding hydrogens is 370 g/mol. The van der Waals surface area contributed by atoms with Gasteiger partial charge in [0.15, 0.2) is 9.84 Å². The molecule has 28 heavy (non-hydrogen) atoms. The van der Waals surface area contributed by atoms with E-state index in [1.807, 2.05) is 50.2 Å². The van der Waals surface area contributed by atoms with Crippen LogP contribution in [0.25, 0.3) is 0 Å². The molecular formula is C23H23NO3S. The van der Waals surface area contributed by atoms with Gasteiger partial charge in [-0.25, -0.2) is 8.42 Å². The molecule has 5 heteroatoms. The van der Waals surface area contributed by atoms with Gasteiger partial charge >= 0.3 is 0 Å². The van der Waals surface area contributed by atoms with Gasteiger partial charge in [-0.1, -0.05) is 36.4 Å². The summed E-state index contributed by atoms with van der Waals surface area (Å²) in [6.45, 7) is 5.44. The average Bonchev–Trinajstić information content (AvgIpc) is 2.63. The van der Waals surface area contributed by atoms with Crippen molar-refractivity contribution in [1.82, 2.24) is 4.98 Å². The molecule has 0 amide bonds. The summed E-state index contributed by atoms with van der Waals surface area (Å²) in [4.78, 5) is 17.8. The van der Waals surface area contributed by atoms with E-state index < -0.39 is 15.3 Å². The fraction of sp³-hybridized carbons (Fsp3) is 0.217. The molecule has 2 aromatic carbocycles. The Kier molecular flexibility index (Phi) is 5.22. The summed E-state index contributed by atoms with van der Waals surface area (Å²) >= 11 is 0. The molecule has 3 aromatic rings. The molecule has 0 aliphatic rings. The van der Waals surface area contributed by atoms with Crippen molar-refractivity contribution in [1.29, 1.82) is 0 Å². The SMILES string of the molecule is CC(=O)[C@](c1ccc(S(C)(=O)=O)cc1)(c1ccnc(C)c1)c1ccccc1C. The summed E-state index contributed by atoms with van der Waals surface area (Å²) in [5.41, 5.74) is 3.17. The molecule has 0 fully saturated rings. The third-order valence-corrected chi connectivity index (χ3v) is 6.25. The summed E-state index contributed by atoms with van der Waals surface area (Å²) in [6.07, 6.45) is 2.87. The highest BCUT2D eigenvalue weighted by Gasteiger charge is 2.42. The van der Waals surface area contributed by atoms with Crippen LogP contribution in [0.2, 0.25) is 0 Å². The first-order valence-corrected chi connectivity index (χ1v) is 10.9. The van der Waals surface area contributed by atoms with Crippen molar-refractivity contribution >= 4 is 15.6 Å². The van der Waals surface area contributed by atoms with Crippen LogP contribution in [0.5, 0.6) is 0 Å². The summed E-state index contributed by atoms with van der Waals surface area (Å²) in [5, 5.41) is 0. The van der Waals surface area contributed by atoms with Gasteiger partial charge in [0, 0.05) is 18.1 Å². The second kappa shape index (κ2) is 7.32. The molecule has 0 aliphatic carbocycles. The van der Waals surface area contributed by atoms with E-state index in [9.17, 15) is 13.2 Å². The number of ketones is 1. The number of rotatable bonds is 5. The Hall–Kier alpha value is -2.79. The first-order chi connectivity index (χ1) is 13.2. The number of aromatic nitrogens is 1. The lowest BCUT2D eigenvalue weighted by Crippen LogP contribution is -2.37. The number of pyridine rings is 1. The Bertz CT molecular complexity index is 1130. The number of carbonyl (C=O) groups is 1. The van der Waals surface area contributed by atoms with Gasteiger partial charge in [0.25, 0.3) is 0 Å². The van der Waals surface area contributed by atoms with Crippen LogP contribution in [-0.4, -0.2) is 25.4 Å². The van der Waals surface area contributed by atoms with Gasteiger partial charge in [-0.2, -0.15) is 0 Å². The quantitative estimate of drug-likeness (QED) is 0.657. The lowest BCUT2D eigenvalue weighted by atomic mass is 9.66. The summed E-state index contributed by atoms with van der Waals surface area (Å²) in [7, 11) is -3.32. The molecule has 0 bridgehead atoms. The molecule has 0 unspecified atom stereocenters. The first kappa shape index (κ1) is 20.0. The van der Waals surface area contributed by atoms with Crippen LogP contribution < -0.4 is 0 Å². The molecule has 0 saturated carbocycles. The first-order valence-electron chi connectivity index (χ1n) is 8.98. The summed E-state index contributed by atoms with van der Waals surface area (Å²) in [6, 6.07) is 18.2. The summed E-state index contributed by atoms with van der Waals surface area (Å²) < 4.78 is 23.8. The number of aryl methyl sites for hydroxylation is 2. The molecule has 0 radical (unpaired) electrons. The van der Waals surface area contributed by atoms with Gasteiger partial charge in [-0.3, -0.25) is 9.78 Å². The molecule has 0 saturated heterocycles. The number of nitrogens with zero attached hydrogens (tertiary/aromatic N) is 1. The van der Waals surface area contributed by atoms with Crippen molar-refractivity contribution in [3.05, 3.63) is 94.8 Å². The van der Waals surface area contributed by atoms with Crippen LogP contribution in [-0.2, 0) is 20.0 Å². The van der Waals surface area contributed by atoms with Crippen LogP contribution in [0.4, 0.5) is 0 Å². The fourth-order valence-electron chi connectivity index (χ4n) is 3.80. The van der Waals surface area contributed by atoms with Crippen molar-refractivity contribution in [2.24, 2.45) is 0 Å². The van der Waals surface area contributed by atoms with Crippen LogP contribution in [0.1, 0.15) is 34.9 Å². The van der Waals surface area contributed by atoms with Crippen molar-refractivity contribution < 1.29 is 13.2 Å². The third-order valence-electron chi connectivity index (χ3n) is 5.12. The van der Waals surface area contributed by atoms with E-state index in [1.54, 1.807) is 37.4 Å². The maximum absolute atomic E-state index is 13.3. The van der Waals surface area contributed by atoms with Crippen molar-refractivity contribution in [3.63, 3.8) is 0 Å². The van der Waals surface area contributed by atoms with E-state index in [0.717, 1.165) is 27.9 Å². The van der Waals surface area contributed by atoms with Gasteiger partial charge < -0.3 is 0 Å².